The summed E-state index contributed by atoms with van der Waals surface area (Å²) in [5, 5.41) is 11.5. The number of amides is 1. The van der Waals surface area contributed by atoms with E-state index in [4.69, 9.17) is 9.84 Å². The fourth-order valence-corrected chi connectivity index (χ4v) is 1.60. The molecule has 0 aromatic heterocycles. The average Bonchev–Trinajstić information content (AvgIpc) is 2.39. The number of aliphatic carboxylic acids is 1. The monoisotopic (exact) mass is 319 g/mol. The molecule has 5 heteroatoms. The van der Waals surface area contributed by atoms with Crippen LogP contribution in [0.1, 0.15) is 81.6 Å². The predicted octanol–water partition coefficient (Wildman–Crippen LogP) is 4.00. The van der Waals surface area contributed by atoms with Crippen LogP contribution >= 0.6 is 0 Å². The number of carbonyl (C=O) groups excluding carboxylic acids is 1. The van der Waals surface area contributed by atoms with Crippen molar-refractivity contribution in [2.75, 3.05) is 6.61 Å². The Morgan fingerprint density at radius 3 is 1.82 bits per heavy atom. The summed E-state index contributed by atoms with van der Waals surface area (Å²) in [4.78, 5) is 21.5. The minimum atomic E-state index is -0.815. The van der Waals surface area contributed by atoms with E-state index in [9.17, 15) is 9.59 Å². The van der Waals surface area contributed by atoms with Gasteiger partial charge >= 0.3 is 5.97 Å². The molecule has 0 rings (SSSR count). The highest BCUT2D eigenvalue weighted by molar-refractivity contribution is 5.73. The van der Waals surface area contributed by atoms with Crippen LogP contribution in [0.5, 0.6) is 0 Å². The molecule has 2 N–H and O–H groups in total. The number of hydrogen-bond acceptors (Lipinski definition) is 3. The fraction of sp³-hybridized carbons (Fsp3) is 0.882. The SMILES string of the molecule is CC.CC.CC(=O)NC(C)(C)CCOC(C)(C)CCC(=O)O. The first kappa shape index (κ1) is 25.8. The van der Waals surface area contributed by atoms with E-state index in [2.05, 4.69) is 5.32 Å². The van der Waals surface area contributed by atoms with Crippen molar-refractivity contribution in [2.45, 2.75) is 92.7 Å². The van der Waals surface area contributed by atoms with Gasteiger partial charge in [-0.25, -0.2) is 0 Å². The Labute approximate surface area is 136 Å². The molecule has 0 aliphatic rings. The summed E-state index contributed by atoms with van der Waals surface area (Å²) >= 11 is 0. The first-order chi connectivity index (χ1) is 10.0. The van der Waals surface area contributed by atoms with Gasteiger partial charge in [-0.2, -0.15) is 0 Å². The summed E-state index contributed by atoms with van der Waals surface area (Å²) < 4.78 is 5.68. The van der Waals surface area contributed by atoms with Crippen LogP contribution in [0.2, 0.25) is 0 Å². The third kappa shape index (κ3) is 18.9. The van der Waals surface area contributed by atoms with Crippen molar-refractivity contribution in [3.8, 4) is 0 Å². The minimum Gasteiger partial charge on any atom is -0.481 e. The zero-order chi connectivity index (χ0) is 18.4. The topological polar surface area (TPSA) is 75.6 Å². The summed E-state index contributed by atoms with van der Waals surface area (Å²) in [6.07, 6.45) is 1.26. The maximum absolute atomic E-state index is 11.0. The molecule has 5 nitrogen and oxygen atoms in total. The maximum Gasteiger partial charge on any atom is 0.303 e. The second-order valence-corrected chi connectivity index (χ2v) is 5.82. The molecule has 0 unspecified atom stereocenters. The van der Waals surface area contributed by atoms with Crippen LogP contribution in [0, 0.1) is 0 Å². The van der Waals surface area contributed by atoms with Crippen molar-refractivity contribution in [3.05, 3.63) is 0 Å². The number of carbonyl (C=O) groups is 2. The number of carboxylic acid groups (broad SMARTS) is 1. The Morgan fingerprint density at radius 1 is 1.00 bits per heavy atom. The third-order valence-electron chi connectivity index (χ3n) is 2.68. The highest BCUT2D eigenvalue weighted by Gasteiger charge is 2.23. The van der Waals surface area contributed by atoms with Crippen molar-refractivity contribution in [2.24, 2.45) is 0 Å². The van der Waals surface area contributed by atoms with Gasteiger partial charge in [0.1, 0.15) is 0 Å². The molecule has 0 radical (unpaired) electrons. The molecule has 0 aromatic carbocycles. The van der Waals surface area contributed by atoms with Gasteiger partial charge in [0.2, 0.25) is 5.91 Å². The van der Waals surface area contributed by atoms with Gasteiger partial charge < -0.3 is 15.2 Å². The molecule has 0 aliphatic carbocycles. The van der Waals surface area contributed by atoms with Crippen molar-refractivity contribution >= 4 is 11.9 Å². The van der Waals surface area contributed by atoms with E-state index in [-0.39, 0.29) is 17.9 Å². The third-order valence-corrected chi connectivity index (χ3v) is 2.68. The van der Waals surface area contributed by atoms with E-state index in [1.165, 1.54) is 6.92 Å². The normalized spacial score (nSPS) is 10.6. The molecule has 0 aliphatic heterocycles. The summed E-state index contributed by atoms with van der Waals surface area (Å²) in [6, 6.07) is 0. The molecule has 0 fully saturated rings. The van der Waals surface area contributed by atoms with Crippen LogP contribution in [-0.2, 0) is 14.3 Å². The van der Waals surface area contributed by atoms with Gasteiger partial charge in [0.25, 0.3) is 0 Å². The Kier molecular flexibility index (Phi) is 15.9. The highest BCUT2D eigenvalue weighted by atomic mass is 16.5. The van der Waals surface area contributed by atoms with Gasteiger partial charge in [0, 0.05) is 25.5 Å². The van der Waals surface area contributed by atoms with Gasteiger partial charge in [-0.15, -0.1) is 0 Å². The quantitative estimate of drug-likeness (QED) is 0.709. The molecule has 0 aromatic rings. The summed E-state index contributed by atoms with van der Waals surface area (Å²) in [7, 11) is 0. The fourth-order valence-electron chi connectivity index (χ4n) is 1.60. The van der Waals surface area contributed by atoms with E-state index in [1.807, 2.05) is 55.4 Å². The lowest BCUT2D eigenvalue weighted by Crippen LogP contribution is -2.43. The van der Waals surface area contributed by atoms with Crippen molar-refractivity contribution in [3.63, 3.8) is 0 Å². The Bertz CT molecular complexity index is 299. The van der Waals surface area contributed by atoms with E-state index >= 15 is 0 Å². The van der Waals surface area contributed by atoms with Crippen LogP contribution in [-0.4, -0.2) is 34.7 Å². The van der Waals surface area contributed by atoms with Gasteiger partial charge in [0.05, 0.1) is 5.60 Å². The number of nitrogens with one attached hydrogen (secondary N) is 1. The van der Waals surface area contributed by atoms with E-state index < -0.39 is 11.6 Å². The molecule has 0 heterocycles. The molecule has 0 bridgehead atoms. The zero-order valence-corrected chi connectivity index (χ0v) is 16.0. The first-order valence-electron chi connectivity index (χ1n) is 8.19. The molecule has 134 valence electrons. The van der Waals surface area contributed by atoms with Crippen LogP contribution in [0.4, 0.5) is 0 Å². The molecule has 22 heavy (non-hydrogen) atoms. The van der Waals surface area contributed by atoms with Gasteiger partial charge in [-0.1, -0.05) is 27.7 Å². The van der Waals surface area contributed by atoms with Gasteiger partial charge in [0.15, 0.2) is 0 Å². The number of ether oxygens (including phenoxy) is 1. The lowest BCUT2D eigenvalue weighted by atomic mass is 10.00. The highest BCUT2D eigenvalue weighted by Crippen LogP contribution is 2.18. The lowest BCUT2D eigenvalue weighted by molar-refractivity contribution is -0.139. The Hall–Kier alpha value is -1.10. The Morgan fingerprint density at radius 2 is 1.45 bits per heavy atom. The largest absolute Gasteiger partial charge is 0.481 e. The summed E-state index contributed by atoms with van der Waals surface area (Å²) in [5.74, 6) is -0.879. The molecule has 0 atom stereocenters. The first-order valence-corrected chi connectivity index (χ1v) is 8.19. The van der Waals surface area contributed by atoms with Crippen molar-refractivity contribution < 1.29 is 19.4 Å². The van der Waals surface area contributed by atoms with Crippen LogP contribution in [0.25, 0.3) is 0 Å². The smallest absolute Gasteiger partial charge is 0.303 e. The molecule has 0 saturated heterocycles. The number of hydrogen-bond donors (Lipinski definition) is 2. The Balaban J connectivity index is -0.000000826. The minimum absolute atomic E-state index is 0.0647. The standard InChI is InChI=1S/C13H25NO4.2C2H6/c1-10(15)14-12(2,3)8-9-18-13(4,5)7-6-11(16)17;2*1-2/h6-9H2,1-5H3,(H,14,15)(H,16,17);2*1-2H3. The van der Waals surface area contributed by atoms with Gasteiger partial charge in [-0.05, 0) is 40.5 Å². The van der Waals surface area contributed by atoms with E-state index in [0.717, 1.165) is 0 Å². The molecule has 1 amide bonds. The molecular formula is C17H37NO4. The molecule has 0 saturated carbocycles. The summed E-state index contributed by atoms with van der Waals surface area (Å²) in [5.41, 5.74) is -0.764. The lowest BCUT2D eigenvalue weighted by Gasteiger charge is -2.29. The van der Waals surface area contributed by atoms with Crippen LogP contribution < -0.4 is 5.32 Å². The second-order valence-electron chi connectivity index (χ2n) is 5.82. The van der Waals surface area contributed by atoms with Crippen molar-refractivity contribution in [1.82, 2.24) is 5.32 Å². The van der Waals surface area contributed by atoms with Crippen molar-refractivity contribution in [1.29, 1.82) is 0 Å². The number of carboxylic acids is 1. The second kappa shape index (κ2) is 13.6. The predicted molar refractivity (Wildman–Crippen MR) is 92.1 cm³/mol. The van der Waals surface area contributed by atoms with Crippen LogP contribution in [0.3, 0.4) is 0 Å². The zero-order valence-electron chi connectivity index (χ0n) is 16.0. The average molecular weight is 319 g/mol. The number of rotatable bonds is 8. The van der Waals surface area contributed by atoms with E-state index in [0.29, 0.717) is 19.4 Å². The summed E-state index contributed by atoms with van der Waals surface area (Å²) in [6.45, 7) is 17.6. The van der Waals surface area contributed by atoms with Gasteiger partial charge in [-0.3, -0.25) is 9.59 Å². The molecular weight excluding hydrogens is 282 g/mol. The van der Waals surface area contributed by atoms with Crippen LogP contribution in [0.15, 0.2) is 0 Å². The maximum atomic E-state index is 11.0. The molecule has 0 spiro atoms. The van der Waals surface area contributed by atoms with E-state index in [1.54, 1.807) is 0 Å².